The molecule has 6 nitrogen and oxygen atoms in total. The molecule has 30 heavy (non-hydrogen) atoms. The van der Waals surface area contributed by atoms with E-state index in [-0.39, 0.29) is 17.8 Å². The normalized spacial score (nSPS) is 16.6. The number of halogens is 1. The molecule has 0 saturated heterocycles. The van der Waals surface area contributed by atoms with E-state index in [4.69, 9.17) is 16.3 Å². The molecule has 0 spiro atoms. The molecule has 154 valence electrons. The number of aliphatic carboxylic acids is 1. The molecule has 0 aliphatic carbocycles. The summed E-state index contributed by atoms with van der Waals surface area (Å²) in [6, 6.07) is 12.3. The van der Waals surface area contributed by atoms with E-state index in [9.17, 15) is 14.7 Å². The van der Waals surface area contributed by atoms with Crippen molar-refractivity contribution >= 4 is 29.6 Å². The molecule has 0 saturated carbocycles. The molecule has 0 amide bonds. The zero-order chi connectivity index (χ0) is 21.7. The van der Waals surface area contributed by atoms with Crippen molar-refractivity contribution in [3.8, 4) is 0 Å². The van der Waals surface area contributed by atoms with E-state index in [1.54, 1.807) is 56.5 Å². The Bertz CT molecular complexity index is 1060. The first-order valence-electron chi connectivity index (χ1n) is 9.30. The number of pyridine rings is 1. The number of rotatable bonds is 6. The average molecular weight is 425 g/mol. The van der Waals surface area contributed by atoms with Crippen LogP contribution in [0.5, 0.6) is 0 Å². The summed E-state index contributed by atoms with van der Waals surface area (Å²) in [7, 11) is 0. The minimum Gasteiger partial charge on any atom is -0.478 e. The van der Waals surface area contributed by atoms with Gasteiger partial charge in [0, 0.05) is 22.6 Å². The van der Waals surface area contributed by atoms with E-state index in [2.05, 4.69) is 10.3 Å². The fourth-order valence-electron chi connectivity index (χ4n) is 3.41. The van der Waals surface area contributed by atoms with E-state index in [0.717, 1.165) is 5.69 Å². The number of nitrogens with one attached hydrogen (secondary N) is 1. The van der Waals surface area contributed by atoms with Gasteiger partial charge in [-0.2, -0.15) is 0 Å². The first-order valence-corrected chi connectivity index (χ1v) is 9.68. The maximum Gasteiger partial charge on any atom is 0.337 e. The number of ether oxygens (including phenoxy) is 1. The van der Waals surface area contributed by atoms with Gasteiger partial charge in [0.1, 0.15) is 6.61 Å². The Morgan fingerprint density at radius 2 is 1.93 bits per heavy atom. The van der Waals surface area contributed by atoms with Crippen LogP contribution in [0.15, 0.2) is 77.3 Å². The monoisotopic (exact) mass is 424 g/mol. The highest BCUT2D eigenvalue weighted by molar-refractivity contribution is 6.30. The van der Waals surface area contributed by atoms with E-state index in [1.165, 1.54) is 0 Å². The molecule has 0 bridgehead atoms. The van der Waals surface area contributed by atoms with Gasteiger partial charge in [-0.15, -0.1) is 0 Å². The Kier molecular flexibility index (Phi) is 6.69. The number of carbonyl (C=O) groups excluding carboxylic acids is 1. The van der Waals surface area contributed by atoms with E-state index >= 15 is 0 Å². The molecule has 1 unspecified atom stereocenters. The molecule has 1 aliphatic rings. The maximum absolute atomic E-state index is 12.9. The molecule has 2 aromatic rings. The molecule has 1 aromatic carbocycles. The lowest BCUT2D eigenvalue weighted by atomic mass is 9.80. The van der Waals surface area contributed by atoms with Crippen LogP contribution in [0, 0.1) is 0 Å². The third-order valence-corrected chi connectivity index (χ3v) is 4.91. The predicted molar refractivity (Wildman–Crippen MR) is 115 cm³/mol. The van der Waals surface area contributed by atoms with Crippen LogP contribution in [0.1, 0.15) is 31.0 Å². The number of benzene rings is 1. The molecule has 1 atom stereocenters. The molecule has 2 heterocycles. The van der Waals surface area contributed by atoms with Gasteiger partial charge in [-0.25, -0.2) is 9.59 Å². The lowest BCUT2D eigenvalue weighted by Gasteiger charge is -2.29. The molecule has 0 radical (unpaired) electrons. The zero-order valence-corrected chi connectivity index (χ0v) is 17.3. The second kappa shape index (κ2) is 9.41. The highest BCUT2D eigenvalue weighted by Crippen LogP contribution is 2.39. The summed E-state index contributed by atoms with van der Waals surface area (Å²) < 4.78 is 5.42. The summed E-state index contributed by atoms with van der Waals surface area (Å²) in [5.41, 5.74) is 2.69. The van der Waals surface area contributed by atoms with Gasteiger partial charge in [-0.1, -0.05) is 29.8 Å². The highest BCUT2D eigenvalue weighted by atomic mass is 35.5. The molecule has 3 rings (SSSR count). The topological polar surface area (TPSA) is 88.5 Å². The minimum atomic E-state index is -1.11. The number of dihydropyridines is 1. The lowest BCUT2D eigenvalue weighted by Crippen LogP contribution is -2.31. The standard InChI is InChI=1S/C23H21ClN2O4/c1-14-19(22(27)28)21(16-7-5-8-17(24)13-16)20(15(2)26-14)23(29)30-12-6-10-18-9-3-4-11-25-18/h3-11,13,21,26H,12H2,1-2H3,(H,27,28). The quantitative estimate of drug-likeness (QED) is 0.672. The second-order valence-electron chi connectivity index (χ2n) is 6.75. The summed E-state index contributed by atoms with van der Waals surface area (Å²) in [6.07, 6.45) is 5.10. The Hall–Kier alpha value is -3.38. The molecule has 1 aromatic heterocycles. The van der Waals surface area contributed by atoms with Crippen molar-refractivity contribution in [1.29, 1.82) is 0 Å². The van der Waals surface area contributed by atoms with Crippen LogP contribution in [0.4, 0.5) is 0 Å². The first kappa shape index (κ1) is 21.3. The summed E-state index contributed by atoms with van der Waals surface area (Å²) in [5.74, 6) is -2.51. The van der Waals surface area contributed by atoms with E-state index < -0.39 is 17.9 Å². The van der Waals surface area contributed by atoms with Crippen molar-refractivity contribution < 1.29 is 19.4 Å². The van der Waals surface area contributed by atoms with Crippen molar-refractivity contribution in [2.45, 2.75) is 19.8 Å². The third kappa shape index (κ3) is 4.78. The van der Waals surface area contributed by atoms with Crippen molar-refractivity contribution in [1.82, 2.24) is 10.3 Å². The molecular weight excluding hydrogens is 404 g/mol. The van der Waals surface area contributed by atoms with Crippen LogP contribution in [0.2, 0.25) is 5.02 Å². The predicted octanol–water partition coefficient (Wildman–Crippen LogP) is 4.31. The number of carboxylic acid groups (broad SMARTS) is 1. The molecule has 7 heteroatoms. The third-order valence-electron chi connectivity index (χ3n) is 4.68. The fraction of sp³-hybridized carbons (Fsp3) is 0.174. The van der Waals surface area contributed by atoms with Gasteiger partial charge >= 0.3 is 11.9 Å². The Morgan fingerprint density at radius 1 is 1.17 bits per heavy atom. The van der Waals surface area contributed by atoms with Gasteiger partial charge in [0.2, 0.25) is 0 Å². The van der Waals surface area contributed by atoms with Gasteiger partial charge in [0.25, 0.3) is 0 Å². The van der Waals surface area contributed by atoms with Crippen molar-refractivity contribution in [2.75, 3.05) is 6.61 Å². The SMILES string of the molecule is CC1=C(C(=O)O)C(c2cccc(Cl)c2)C(C(=O)OCC=Cc2ccccn2)=C(C)N1. The van der Waals surface area contributed by atoms with Crippen molar-refractivity contribution in [3.63, 3.8) is 0 Å². The van der Waals surface area contributed by atoms with Crippen LogP contribution < -0.4 is 5.32 Å². The molecule has 2 N–H and O–H groups in total. The number of carboxylic acids is 1. The highest BCUT2D eigenvalue weighted by Gasteiger charge is 2.37. The van der Waals surface area contributed by atoms with E-state index in [0.29, 0.717) is 22.0 Å². The van der Waals surface area contributed by atoms with Crippen LogP contribution in [0.25, 0.3) is 6.08 Å². The summed E-state index contributed by atoms with van der Waals surface area (Å²) in [6.45, 7) is 3.42. The molecule has 0 fully saturated rings. The smallest absolute Gasteiger partial charge is 0.337 e. The van der Waals surface area contributed by atoms with Crippen LogP contribution in [-0.2, 0) is 14.3 Å². The van der Waals surface area contributed by atoms with E-state index in [1.807, 2.05) is 18.2 Å². The van der Waals surface area contributed by atoms with Crippen LogP contribution >= 0.6 is 11.6 Å². The largest absolute Gasteiger partial charge is 0.478 e. The Balaban J connectivity index is 1.88. The Morgan fingerprint density at radius 3 is 2.60 bits per heavy atom. The van der Waals surface area contributed by atoms with Crippen molar-refractivity contribution in [2.24, 2.45) is 0 Å². The van der Waals surface area contributed by atoms with Crippen molar-refractivity contribution in [3.05, 3.63) is 93.6 Å². The van der Waals surface area contributed by atoms with Gasteiger partial charge in [-0.05, 0) is 55.8 Å². The number of hydrogen-bond acceptors (Lipinski definition) is 5. The average Bonchev–Trinajstić information content (AvgIpc) is 2.71. The van der Waals surface area contributed by atoms with Gasteiger partial charge < -0.3 is 15.2 Å². The van der Waals surface area contributed by atoms with Gasteiger partial charge in [-0.3, -0.25) is 4.98 Å². The molecule has 1 aliphatic heterocycles. The van der Waals surface area contributed by atoms with Crippen LogP contribution in [-0.4, -0.2) is 28.6 Å². The fourth-order valence-corrected chi connectivity index (χ4v) is 3.61. The van der Waals surface area contributed by atoms with Gasteiger partial charge in [0.15, 0.2) is 0 Å². The first-order chi connectivity index (χ1) is 14.4. The number of aromatic nitrogens is 1. The maximum atomic E-state index is 12.9. The number of esters is 1. The number of hydrogen-bond donors (Lipinski definition) is 2. The number of carbonyl (C=O) groups is 2. The number of nitrogens with zero attached hydrogens (tertiary/aromatic N) is 1. The van der Waals surface area contributed by atoms with Crippen LogP contribution in [0.3, 0.4) is 0 Å². The summed E-state index contributed by atoms with van der Waals surface area (Å²) >= 11 is 6.13. The van der Waals surface area contributed by atoms with Gasteiger partial charge in [0.05, 0.1) is 22.8 Å². The Labute approximate surface area is 179 Å². The zero-order valence-electron chi connectivity index (χ0n) is 16.6. The number of allylic oxidation sites excluding steroid dienone is 2. The second-order valence-corrected chi connectivity index (χ2v) is 7.19. The molecular formula is C23H21ClN2O4. The summed E-state index contributed by atoms with van der Waals surface area (Å²) in [5, 5.41) is 13.3. The minimum absolute atomic E-state index is 0.0273. The summed E-state index contributed by atoms with van der Waals surface area (Å²) in [4.78, 5) is 29.1. The lowest BCUT2D eigenvalue weighted by molar-refractivity contribution is -0.138.